The summed E-state index contributed by atoms with van der Waals surface area (Å²) in [5.41, 5.74) is 2.65. The zero-order chi connectivity index (χ0) is 19.3. The average molecular weight is 371 g/mol. The molecule has 4 rings (SSSR count). The lowest BCUT2D eigenvalue weighted by molar-refractivity contribution is 0.102. The number of pyridine rings is 1. The molecular weight excluding hydrogens is 354 g/mol. The van der Waals surface area contributed by atoms with Gasteiger partial charge in [-0.05, 0) is 36.4 Å². The zero-order valence-electron chi connectivity index (χ0n) is 15.1. The minimum Gasteiger partial charge on any atom is -0.497 e. The second-order valence-electron chi connectivity index (χ2n) is 5.98. The third kappa shape index (κ3) is 3.73. The maximum Gasteiger partial charge on any atom is 0.258 e. The summed E-state index contributed by atoms with van der Waals surface area (Å²) in [4.78, 5) is 25.2. The SMILES string of the molecule is COc1ccc(NC(=O)c2cnc(Nc3cccc4cccnc34)nc2)cc1. The van der Waals surface area contributed by atoms with Gasteiger partial charge >= 0.3 is 0 Å². The fourth-order valence-electron chi connectivity index (χ4n) is 2.71. The molecule has 4 aromatic rings. The van der Waals surface area contributed by atoms with Crippen molar-refractivity contribution in [3.05, 3.63) is 78.8 Å². The molecule has 0 atom stereocenters. The van der Waals surface area contributed by atoms with Gasteiger partial charge in [0.15, 0.2) is 0 Å². The number of fused-ring (bicyclic) bond motifs is 1. The molecule has 0 saturated heterocycles. The summed E-state index contributed by atoms with van der Waals surface area (Å²) in [5, 5.41) is 6.96. The molecule has 0 bridgehead atoms. The van der Waals surface area contributed by atoms with Crippen LogP contribution in [-0.4, -0.2) is 28.0 Å². The Kier molecular flexibility index (Phi) is 4.79. The van der Waals surface area contributed by atoms with Gasteiger partial charge in [-0.15, -0.1) is 0 Å². The van der Waals surface area contributed by atoms with E-state index in [0.29, 0.717) is 17.2 Å². The third-order valence-corrected chi connectivity index (χ3v) is 4.14. The van der Waals surface area contributed by atoms with Gasteiger partial charge < -0.3 is 15.4 Å². The van der Waals surface area contributed by atoms with Crippen molar-refractivity contribution in [1.29, 1.82) is 0 Å². The van der Waals surface area contributed by atoms with Gasteiger partial charge in [0, 0.05) is 29.7 Å². The van der Waals surface area contributed by atoms with E-state index in [4.69, 9.17) is 4.74 Å². The number of anilines is 3. The quantitative estimate of drug-likeness (QED) is 0.551. The van der Waals surface area contributed by atoms with Crippen LogP contribution in [0.15, 0.2) is 73.2 Å². The molecule has 0 aliphatic heterocycles. The average Bonchev–Trinajstić information content (AvgIpc) is 2.75. The second kappa shape index (κ2) is 7.71. The molecule has 0 radical (unpaired) electrons. The number of carbonyl (C=O) groups is 1. The molecule has 1 amide bonds. The first-order chi connectivity index (χ1) is 13.7. The molecule has 0 fully saturated rings. The molecule has 2 aromatic heterocycles. The first-order valence-electron chi connectivity index (χ1n) is 8.61. The van der Waals surface area contributed by atoms with Crippen LogP contribution in [0.2, 0.25) is 0 Å². The van der Waals surface area contributed by atoms with Crippen LogP contribution >= 0.6 is 0 Å². The number of carbonyl (C=O) groups excluding carboxylic acids is 1. The Morgan fingerprint density at radius 3 is 2.43 bits per heavy atom. The maximum absolute atomic E-state index is 12.4. The normalized spacial score (nSPS) is 10.5. The topological polar surface area (TPSA) is 89.0 Å². The number of hydrogen-bond donors (Lipinski definition) is 2. The molecule has 28 heavy (non-hydrogen) atoms. The summed E-state index contributed by atoms with van der Waals surface area (Å²) in [5.74, 6) is 0.822. The molecule has 0 aliphatic carbocycles. The molecule has 0 saturated carbocycles. The number of ether oxygens (including phenoxy) is 1. The molecule has 2 N–H and O–H groups in total. The molecule has 2 heterocycles. The number of rotatable bonds is 5. The Labute approximate surface area is 161 Å². The highest BCUT2D eigenvalue weighted by Crippen LogP contribution is 2.23. The van der Waals surface area contributed by atoms with E-state index in [-0.39, 0.29) is 5.91 Å². The van der Waals surface area contributed by atoms with Gasteiger partial charge in [-0.25, -0.2) is 9.97 Å². The molecule has 0 aliphatic rings. The highest BCUT2D eigenvalue weighted by molar-refractivity contribution is 6.04. The van der Waals surface area contributed by atoms with Gasteiger partial charge in [-0.2, -0.15) is 0 Å². The fourth-order valence-corrected chi connectivity index (χ4v) is 2.71. The van der Waals surface area contributed by atoms with Crippen LogP contribution < -0.4 is 15.4 Å². The van der Waals surface area contributed by atoms with Gasteiger partial charge in [0.25, 0.3) is 5.91 Å². The van der Waals surface area contributed by atoms with Gasteiger partial charge in [0.1, 0.15) is 5.75 Å². The van der Waals surface area contributed by atoms with Gasteiger partial charge in [0.2, 0.25) is 5.95 Å². The Morgan fingerprint density at radius 1 is 0.929 bits per heavy atom. The lowest BCUT2D eigenvalue weighted by Crippen LogP contribution is -2.13. The van der Waals surface area contributed by atoms with E-state index in [1.54, 1.807) is 37.6 Å². The number of hydrogen-bond acceptors (Lipinski definition) is 6. The number of nitrogens with zero attached hydrogens (tertiary/aromatic N) is 3. The summed E-state index contributed by atoms with van der Waals surface area (Å²) in [7, 11) is 1.59. The van der Waals surface area contributed by atoms with Crippen molar-refractivity contribution in [2.45, 2.75) is 0 Å². The van der Waals surface area contributed by atoms with E-state index >= 15 is 0 Å². The smallest absolute Gasteiger partial charge is 0.258 e. The Balaban J connectivity index is 1.47. The van der Waals surface area contributed by atoms with E-state index in [1.807, 2.05) is 30.3 Å². The Morgan fingerprint density at radius 2 is 1.68 bits per heavy atom. The minimum absolute atomic E-state index is 0.288. The van der Waals surface area contributed by atoms with E-state index < -0.39 is 0 Å². The molecule has 0 spiro atoms. The summed E-state index contributed by atoms with van der Waals surface area (Å²) in [6.07, 6.45) is 4.69. The van der Waals surface area contributed by atoms with Crippen LogP contribution in [0.1, 0.15) is 10.4 Å². The molecule has 2 aromatic carbocycles. The van der Waals surface area contributed by atoms with Crippen molar-refractivity contribution in [2.24, 2.45) is 0 Å². The van der Waals surface area contributed by atoms with Crippen molar-refractivity contribution in [3.8, 4) is 5.75 Å². The second-order valence-corrected chi connectivity index (χ2v) is 5.98. The number of aromatic nitrogens is 3. The monoisotopic (exact) mass is 371 g/mol. The van der Waals surface area contributed by atoms with Crippen molar-refractivity contribution >= 4 is 34.1 Å². The number of para-hydroxylation sites is 1. The van der Waals surface area contributed by atoms with Gasteiger partial charge in [0.05, 0.1) is 23.9 Å². The highest BCUT2D eigenvalue weighted by Gasteiger charge is 2.09. The first kappa shape index (κ1) is 17.4. The van der Waals surface area contributed by atoms with E-state index in [2.05, 4.69) is 25.6 Å². The number of amides is 1. The first-order valence-corrected chi connectivity index (χ1v) is 8.61. The van der Waals surface area contributed by atoms with E-state index in [0.717, 1.165) is 22.3 Å². The lowest BCUT2D eigenvalue weighted by atomic mass is 10.2. The third-order valence-electron chi connectivity index (χ3n) is 4.14. The van der Waals surface area contributed by atoms with Crippen LogP contribution in [-0.2, 0) is 0 Å². The van der Waals surface area contributed by atoms with Gasteiger partial charge in [-0.1, -0.05) is 18.2 Å². The number of methoxy groups -OCH3 is 1. The molecule has 0 unspecified atom stereocenters. The largest absolute Gasteiger partial charge is 0.497 e. The number of benzene rings is 2. The summed E-state index contributed by atoms with van der Waals surface area (Å²) < 4.78 is 5.10. The molecule has 7 heteroatoms. The Bertz CT molecular complexity index is 1110. The fraction of sp³-hybridized carbons (Fsp3) is 0.0476. The zero-order valence-corrected chi connectivity index (χ0v) is 15.1. The van der Waals surface area contributed by atoms with Crippen molar-refractivity contribution in [1.82, 2.24) is 15.0 Å². The predicted octanol–water partition coefficient (Wildman–Crippen LogP) is 4.03. The molecule has 138 valence electrons. The highest BCUT2D eigenvalue weighted by atomic mass is 16.5. The lowest BCUT2D eigenvalue weighted by Gasteiger charge is -2.09. The van der Waals surface area contributed by atoms with Crippen LogP contribution in [0.5, 0.6) is 5.75 Å². The van der Waals surface area contributed by atoms with Crippen molar-refractivity contribution in [2.75, 3.05) is 17.7 Å². The summed E-state index contributed by atoms with van der Waals surface area (Å²) in [6, 6.07) is 16.8. The van der Waals surface area contributed by atoms with E-state index in [1.165, 1.54) is 12.4 Å². The molecule has 7 nitrogen and oxygen atoms in total. The predicted molar refractivity (Wildman–Crippen MR) is 108 cm³/mol. The van der Waals surface area contributed by atoms with Crippen molar-refractivity contribution in [3.63, 3.8) is 0 Å². The van der Waals surface area contributed by atoms with Crippen LogP contribution in [0.3, 0.4) is 0 Å². The van der Waals surface area contributed by atoms with Crippen molar-refractivity contribution < 1.29 is 9.53 Å². The standard InChI is InChI=1S/C21H17N5O2/c1-28-17-9-7-16(8-10-17)25-20(27)15-12-23-21(24-13-15)26-18-6-2-4-14-5-3-11-22-19(14)18/h2-13H,1H3,(H,25,27)(H,23,24,26). The Hall–Kier alpha value is -4.00. The minimum atomic E-state index is -0.288. The summed E-state index contributed by atoms with van der Waals surface area (Å²) in [6.45, 7) is 0. The van der Waals surface area contributed by atoms with E-state index in [9.17, 15) is 4.79 Å². The number of nitrogens with one attached hydrogen (secondary N) is 2. The van der Waals surface area contributed by atoms with Crippen LogP contribution in [0.4, 0.5) is 17.3 Å². The molecular formula is C21H17N5O2. The maximum atomic E-state index is 12.4. The van der Waals surface area contributed by atoms with Crippen LogP contribution in [0.25, 0.3) is 10.9 Å². The summed E-state index contributed by atoms with van der Waals surface area (Å²) >= 11 is 0. The van der Waals surface area contributed by atoms with Gasteiger partial charge in [-0.3, -0.25) is 9.78 Å². The van der Waals surface area contributed by atoms with Crippen LogP contribution in [0, 0.1) is 0 Å².